The molecule has 7 heteroatoms. The van der Waals surface area contributed by atoms with Crippen LogP contribution in [-0.4, -0.2) is 18.3 Å². The van der Waals surface area contributed by atoms with E-state index in [9.17, 15) is 22.4 Å². The third kappa shape index (κ3) is 2.94. The number of carbonyl (C=O) groups excluding carboxylic acids is 1. The molecule has 0 atom stereocenters. The molecule has 0 aliphatic rings. The van der Waals surface area contributed by atoms with Crippen LogP contribution in [0, 0.1) is 0 Å². The lowest BCUT2D eigenvalue weighted by Crippen LogP contribution is -2.40. The van der Waals surface area contributed by atoms with Crippen molar-refractivity contribution in [2.45, 2.75) is 12.3 Å². The van der Waals surface area contributed by atoms with Crippen molar-refractivity contribution in [1.82, 2.24) is 0 Å². The van der Waals surface area contributed by atoms with Gasteiger partial charge < -0.3 is 5.32 Å². The van der Waals surface area contributed by atoms with Gasteiger partial charge in [-0.2, -0.15) is 8.78 Å². The molecule has 16 heavy (non-hydrogen) atoms. The highest BCUT2D eigenvalue weighted by Gasteiger charge is 2.48. The number of nitrogens with one attached hydrogen (secondary N) is 1. The molecule has 88 valence electrons. The van der Waals surface area contributed by atoms with Crippen LogP contribution in [0.3, 0.4) is 0 Å². The van der Waals surface area contributed by atoms with Crippen LogP contribution in [0.25, 0.3) is 0 Å². The van der Waals surface area contributed by atoms with E-state index in [1.54, 1.807) is 11.4 Å². The molecule has 2 nitrogen and oxygen atoms in total. The van der Waals surface area contributed by atoms with Gasteiger partial charge in [-0.05, 0) is 18.2 Å². The predicted octanol–water partition coefficient (Wildman–Crippen LogP) is 3.29. The third-order valence-corrected chi connectivity index (χ3v) is 2.15. The van der Waals surface area contributed by atoms with Crippen molar-refractivity contribution in [2.75, 3.05) is 5.32 Å². The average Bonchev–Trinajstić information content (AvgIpc) is 2.17. The Balaban J connectivity index is 2.79. The van der Waals surface area contributed by atoms with Gasteiger partial charge in [-0.15, -0.1) is 0 Å². The summed E-state index contributed by atoms with van der Waals surface area (Å²) < 4.78 is 49.3. The molecular weight excluding hydrogens is 294 g/mol. The van der Waals surface area contributed by atoms with Crippen LogP contribution in [0.2, 0.25) is 0 Å². The van der Waals surface area contributed by atoms with Crippen molar-refractivity contribution >= 4 is 27.5 Å². The zero-order valence-electron chi connectivity index (χ0n) is 7.68. The molecule has 0 saturated carbocycles. The first-order chi connectivity index (χ1) is 7.34. The summed E-state index contributed by atoms with van der Waals surface area (Å²) in [4.78, 5) is 10.8. The van der Waals surface area contributed by atoms with E-state index < -0.39 is 18.3 Å². The summed E-state index contributed by atoms with van der Waals surface area (Å²) in [7, 11) is 0. The monoisotopic (exact) mass is 299 g/mol. The summed E-state index contributed by atoms with van der Waals surface area (Å²) in [6, 6.07) is 5.70. The highest BCUT2D eigenvalue weighted by molar-refractivity contribution is 9.10. The highest BCUT2D eigenvalue weighted by atomic mass is 79.9. The molecule has 1 N–H and O–H groups in total. The number of hydrogen-bond donors (Lipinski definition) is 1. The topological polar surface area (TPSA) is 29.1 Å². The molecule has 1 rings (SSSR count). The molecular formula is C9H6BrF4NO. The van der Waals surface area contributed by atoms with Gasteiger partial charge in [-0.1, -0.05) is 22.0 Å². The Hall–Kier alpha value is -1.11. The summed E-state index contributed by atoms with van der Waals surface area (Å²) in [6.07, 6.45) is -4.03. The van der Waals surface area contributed by atoms with Gasteiger partial charge >= 0.3 is 18.3 Å². The Morgan fingerprint density at radius 1 is 1.38 bits per heavy atom. The largest absolute Gasteiger partial charge is 0.383 e. The van der Waals surface area contributed by atoms with Gasteiger partial charge in [0.1, 0.15) is 0 Å². The summed E-state index contributed by atoms with van der Waals surface area (Å²) in [5, 5.41) is 1.71. The van der Waals surface area contributed by atoms with E-state index in [4.69, 9.17) is 0 Å². The molecule has 1 amide bonds. The number of halogens is 5. The normalized spacial score (nSPS) is 11.6. The minimum Gasteiger partial charge on any atom is -0.321 e. The van der Waals surface area contributed by atoms with Crippen LogP contribution in [0.5, 0.6) is 0 Å². The third-order valence-electron chi connectivity index (χ3n) is 1.66. The number of hydrogen-bond acceptors (Lipinski definition) is 1. The lowest BCUT2D eigenvalue weighted by atomic mass is 10.3. The fourth-order valence-corrected chi connectivity index (χ4v) is 1.28. The SMILES string of the molecule is O=C(Nc1cccc(Br)c1)C(F)(F)C(F)F. The molecule has 0 spiro atoms. The first-order valence-electron chi connectivity index (χ1n) is 4.07. The second kappa shape index (κ2) is 4.82. The minimum absolute atomic E-state index is 0.0136. The number of rotatable bonds is 3. The van der Waals surface area contributed by atoms with Crippen molar-refractivity contribution in [2.24, 2.45) is 0 Å². The number of amides is 1. The summed E-state index contributed by atoms with van der Waals surface area (Å²) in [5.41, 5.74) is 0.0136. The van der Waals surface area contributed by atoms with Crippen LogP contribution >= 0.6 is 15.9 Å². The Labute approximate surface area is 96.8 Å². The molecule has 0 aliphatic heterocycles. The maximum atomic E-state index is 12.6. The zero-order chi connectivity index (χ0) is 12.3. The molecule has 0 aliphatic carbocycles. The van der Waals surface area contributed by atoms with E-state index in [0.717, 1.165) is 0 Å². The van der Waals surface area contributed by atoms with Gasteiger partial charge in [0.15, 0.2) is 0 Å². The quantitative estimate of drug-likeness (QED) is 0.853. The minimum atomic E-state index is -4.69. The molecule has 0 saturated heterocycles. The predicted molar refractivity (Wildman–Crippen MR) is 53.7 cm³/mol. The van der Waals surface area contributed by atoms with Crippen molar-refractivity contribution in [3.8, 4) is 0 Å². The fourth-order valence-electron chi connectivity index (χ4n) is 0.880. The van der Waals surface area contributed by atoms with Gasteiger partial charge in [0.2, 0.25) is 0 Å². The lowest BCUT2D eigenvalue weighted by Gasteiger charge is -2.14. The van der Waals surface area contributed by atoms with Gasteiger partial charge in [-0.3, -0.25) is 4.79 Å². The smallest absolute Gasteiger partial charge is 0.321 e. The second-order valence-electron chi connectivity index (χ2n) is 2.89. The maximum Gasteiger partial charge on any atom is 0.383 e. The van der Waals surface area contributed by atoms with E-state index in [2.05, 4.69) is 15.9 Å². The van der Waals surface area contributed by atoms with Gasteiger partial charge in [-0.25, -0.2) is 8.78 Å². The molecule has 0 radical (unpaired) electrons. The number of benzene rings is 1. The standard InChI is InChI=1S/C9H6BrF4NO/c10-5-2-1-3-6(4-5)15-8(16)9(13,14)7(11)12/h1-4,7H,(H,15,16). The van der Waals surface area contributed by atoms with Gasteiger partial charge in [0.25, 0.3) is 0 Å². The lowest BCUT2D eigenvalue weighted by molar-refractivity contribution is -0.163. The molecule has 0 unspecified atom stereocenters. The van der Waals surface area contributed by atoms with E-state index >= 15 is 0 Å². The van der Waals surface area contributed by atoms with Crippen molar-refractivity contribution in [3.63, 3.8) is 0 Å². The Morgan fingerprint density at radius 3 is 2.50 bits per heavy atom. The number of carbonyl (C=O) groups is 1. The fraction of sp³-hybridized carbons (Fsp3) is 0.222. The van der Waals surface area contributed by atoms with Crippen LogP contribution < -0.4 is 5.32 Å². The zero-order valence-corrected chi connectivity index (χ0v) is 9.27. The molecule has 0 heterocycles. The molecule has 0 bridgehead atoms. The van der Waals surface area contributed by atoms with E-state index in [1.165, 1.54) is 18.2 Å². The molecule has 1 aromatic carbocycles. The summed E-state index contributed by atoms with van der Waals surface area (Å²) in [6.45, 7) is 0. The molecule has 1 aromatic rings. The number of alkyl halides is 4. The van der Waals surface area contributed by atoms with Crippen molar-refractivity contribution in [3.05, 3.63) is 28.7 Å². The highest BCUT2D eigenvalue weighted by Crippen LogP contribution is 2.25. The Kier molecular flexibility index (Phi) is 3.90. The van der Waals surface area contributed by atoms with Crippen LogP contribution in [-0.2, 0) is 4.79 Å². The average molecular weight is 300 g/mol. The summed E-state index contributed by atoms with van der Waals surface area (Å²) in [5.74, 6) is -6.72. The van der Waals surface area contributed by atoms with E-state index in [1.807, 2.05) is 0 Å². The van der Waals surface area contributed by atoms with Crippen LogP contribution in [0.1, 0.15) is 0 Å². The van der Waals surface area contributed by atoms with E-state index in [0.29, 0.717) is 4.47 Å². The van der Waals surface area contributed by atoms with Gasteiger partial charge in [0, 0.05) is 10.2 Å². The summed E-state index contributed by atoms with van der Waals surface area (Å²) >= 11 is 3.04. The maximum absolute atomic E-state index is 12.6. The first-order valence-corrected chi connectivity index (χ1v) is 4.86. The Bertz CT molecular complexity index is 397. The van der Waals surface area contributed by atoms with Crippen LogP contribution in [0.15, 0.2) is 28.7 Å². The van der Waals surface area contributed by atoms with Crippen LogP contribution in [0.4, 0.5) is 23.2 Å². The van der Waals surface area contributed by atoms with Gasteiger partial charge in [0.05, 0.1) is 0 Å². The number of anilines is 1. The van der Waals surface area contributed by atoms with Crippen molar-refractivity contribution < 1.29 is 22.4 Å². The molecule has 0 fully saturated rings. The molecule has 0 aromatic heterocycles. The second-order valence-corrected chi connectivity index (χ2v) is 3.80. The van der Waals surface area contributed by atoms with E-state index in [-0.39, 0.29) is 5.69 Å². The van der Waals surface area contributed by atoms with Crippen molar-refractivity contribution in [1.29, 1.82) is 0 Å². The first kappa shape index (κ1) is 13.0. The Morgan fingerprint density at radius 2 is 2.00 bits per heavy atom.